The molecule has 0 saturated carbocycles. The molecule has 108 valence electrons. The lowest BCUT2D eigenvalue weighted by Crippen LogP contribution is -2.13. The molecule has 0 aliphatic rings. The van der Waals surface area contributed by atoms with Gasteiger partial charge in [0.05, 0.1) is 11.1 Å². The van der Waals surface area contributed by atoms with Crippen molar-refractivity contribution in [2.24, 2.45) is 5.73 Å². The van der Waals surface area contributed by atoms with Gasteiger partial charge in [0.2, 0.25) is 5.91 Å². The van der Waals surface area contributed by atoms with Crippen LogP contribution in [0.1, 0.15) is 20.7 Å². The topological polar surface area (TPSA) is 80.4 Å². The van der Waals surface area contributed by atoms with Crippen LogP contribution in [0.2, 0.25) is 0 Å². The summed E-state index contributed by atoms with van der Waals surface area (Å²) in [4.78, 5) is 22.8. The highest BCUT2D eigenvalue weighted by Crippen LogP contribution is 2.30. The summed E-state index contributed by atoms with van der Waals surface area (Å²) < 4.78 is 0. The molecular formula is C18H13NO3. The van der Waals surface area contributed by atoms with Gasteiger partial charge in [-0.3, -0.25) is 4.79 Å². The number of benzene rings is 3. The summed E-state index contributed by atoms with van der Waals surface area (Å²) in [7, 11) is 0. The minimum atomic E-state index is -0.986. The van der Waals surface area contributed by atoms with Crippen molar-refractivity contribution in [3.05, 3.63) is 71.8 Å². The zero-order valence-electron chi connectivity index (χ0n) is 11.6. The minimum absolute atomic E-state index is 0.199. The highest BCUT2D eigenvalue weighted by molar-refractivity contribution is 6.11. The standard InChI is InChI=1S/C18H13NO3/c19-17(20)16-14-4-2-1-3-11(14)9-10-15(16)12-5-7-13(8-6-12)18(21)22/h1-10H,(H2,19,20)(H,21,22). The van der Waals surface area contributed by atoms with Crippen molar-refractivity contribution in [1.82, 2.24) is 0 Å². The van der Waals surface area contributed by atoms with Crippen molar-refractivity contribution >= 4 is 22.6 Å². The predicted octanol–water partition coefficient (Wildman–Crippen LogP) is 3.30. The van der Waals surface area contributed by atoms with E-state index in [-0.39, 0.29) is 5.56 Å². The Kier molecular flexibility index (Phi) is 3.35. The Hall–Kier alpha value is -3.14. The van der Waals surface area contributed by atoms with Gasteiger partial charge in [-0.05, 0) is 34.0 Å². The van der Waals surface area contributed by atoms with Crippen LogP contribution in [0.25, 0.3) is 21.9 Å². The molecule has 0 unspecified atom stereocenters. The zero-order valence-corrected chi connectivity index (χ0v) is 11.6. The van der Waals surface area contributed by atoms with Crippen molar-refractivity contribution in [2.45, 2.75) is 0 Å². The Morgan fingerprint density at radius 3 is 2.18 bits per heavy atom. The molecule has 0 heterocycles. The quantitative estimate of drug-likeness (QED) is 0.777. The first-order valence-corrected chi connectivity index (χ1v) is 6.73. The van der Waals surface area contributed by atoms with E-state index in [4.69, 9.17) is 10.8 Å². The molecule has 1 amide bonds. The lowest BCUT2D eigenvalue weighted by Gasteiger charge is -2.11. The summed E-state index contributed by atoms with van der Waals surface area (Å²) in [6, 6.07) is 17.7. The van der Waals surface area contributed by atoms with E-state index in [0.29, 0.717) is 11.1 Å². The second-order valence-electron chi connectivity index (χ2n) is 4.96. The Morgan fingerprint density at radius 1 is 0.864 bits per heavy atom. The van der Waals surface area contributed by atoms with Crippen LogP contribution in [-0.2, 0) is 0 Å². The number of fused-ring (bicyclic) bond motifs is 1. The molecule has 0 radical (unpaired) electrons. The van der Waals surface area contributed by atoms with Crippen molar-refractivity contribution in [1.29, 1.82) is 0 Å². The molecule has 0 bridgehead atoms. The summed E-state index contributed by atoms with van der Waals surface area (Å²) in [6.07, 6.45) is 0. The van der Waals surface area contributed by atoms with Crippen LogP contribution in [0.3, 0.4) is 0 Å². The second-order valence-corrected chi connectivity index (χ2v) is 4.96. The fourth-order valence-corrected chi connectivity index (χ4v) is 2.57. The van der Waals surface area contributed by atoms with Gasteiger partial charge in [0, 0.05) is 0 Å². The van der Waals surface area contributed by atoms with Crippen LogP contribution in [0, 0.1) is 0 Å². The largest absolute Gasteiger partial charge is 0.478 e. The van der Waals surface area contributed by atoms with E-state index in [0.717, 1.165) is 16.3 Å². The number of carbonyl (C=O) groups excluding carboxylic acids is 1. The summed E-state index contributed by atoms with van der Waals surface area (Å²) in [6.45, 7) is 0. The number of aromatic carboxylic acids is 1. The molecule has 0 atom stereocenters. The molecular weight excluding hydrogens is 278 g/mol. The summed E-state index contributed by atoms with van der Waals surface area (Å²) in [5.41, 5.74) is 7.66. The van der Waals surface area contributed by atoms with E-state index in [9.17, 15) is 9.59 Å². The number of hydrogen-bond donors (Lipinski definition) is 2. The molecule has 3 rings (SSSR count). The third-order valence-electron chi connectivity index (χ3n) is 3.62. The summed E-state index contributed by atoms with van der Waals surface area (Å²) in [5.74, 6) is -1.49. The van der Waals surface area contributed by atoms with Gasteiger partial charge in [-0.1, -0.05) is 48.5 Å². The van der Waals surface area contributed by atoms with Crippen molar-refractivity contribution in [3.8, 4) is 11.1 Å². The van der Waals surface area contributed by atoms with Gasteiger partial charge in [0.15, 0.2) is 0 Å². The van der Waals surface area contributed by atoms with Crippen molar-refractivity contribution < 1.29 is 14.7 Å². The molecule has 0 aliphatic heterocycles. The molecule has 0 aliphatic carbocycles. The van der Waals surface area contributed by atoms with Crippen molar-refractivity contribution in [2.75, 3.05) is 0 Å². The number of nitrogens with two attached hydrogens (primary N) is 1. The Balaban J connectivity index is 2.24. The number of rotatable bonds is 3. The van der Waals surface area contributed by atoms with Crippen LogP contribution in [-0.4, -0.2) is 17.0 Å². The third-order valence-corrected chi connectivity index (χ3v) is 3.62. The van der Waals surface area contributed by atoms with E-state index < -0.39 is 11.9 Å². The molecule has 22 heavy (non-hydrogen) atoms. The highest BCUT2D eigenvalue weighted by atomic mass is 16.4. The van der Waals surface area contributed by atoms with E-state index in [2.05, 4.69) is 0 Å². The molecule has 4 nitrogen and oxygen atoms in total. The maximum Gasteiger partial charge on any atom is 0.335 e. The minimum Gasteiger partial charge on any atom is -0.478 e. The van der Waals surface area contributed by atoms with Crippen LogP contribution in [0.15, 0.2) is 60.7 Å². The molecule has 0 spiro atoms. The Morgan fingerprint density at radius 2 is 1.55 bits per heavy atom. The predicted molar refractivity (Wildman–Crippen MR) is 84.9 cm³/mol. The molecule has 0 aromatic heterocycles. The van der Waals surface area contributed by atoms with Gasteiger partial charge in [0.25, 0.3) is 0 Å². The smallest absolute Gasteiger partial charge is 0.335 e. The number of primary amides is 1. The van der Waals surface area contributed by atoms with Crippen molar-refractivity contribution in [3.63, 3.8) is 0 Å². The van der Waals surface area contributed by atoms with Crippen LogP contribution in [0.5, 0.6) is 0 Å². The molecule has 4 heteroatoms. The van der Waals surface area contributed by atoms with Gasteiger partial charge < -0.3 is 10.8 Å². The van der Waals surface area contributed by atoms with Gasteiger partial charge in [-0.2, -0.15) is 0 Å². The van der Waals surface area contributed by atoms with E-state index in [1.807, 2.05) is 36.4 Å². The summed E-state index contributed by atoms with van der Waals surface area (Å²) in [5, 5.41) is 10.7. The lowest BCUT2D eigenvalue weighted by atomic mass is 9.93. The maximum absolute atomic E-state index is 11.9. The fraction of sp³-hybridized carbons (Fsp3) is 0. The van der Waals surface area contributed by atoms with Crippen LogP contribution >= 0.6 is 0 Å². The number of amides is 1. The number of carboxylic acid groups (broad SMARTS) is 1. The average molecular weight is 291 g/mol. The van der Waals surface area contributed by atoms with E-state index >= 15 is 0 Å². The van der Waals surface area contributed by atoms with E-state index in [1.54, 1.807) is 12.1 Å². The normalized spacial score (nSPS) is 10.5. The molecule has 3 aromatic carbocycles. The monoisotopic (exact) mass is 291 g/mol. The third kappa shape index (κ3) is 2.31. The van der Waals surface area contributed by atoms with Crippen LogP contribution < -0.4 is 5.73 Å². The lowest BCUT2D eigenvalue weighted by molar-refractivity contribution is 0.0696. The number of carbonyl (C=O) groups is 2. The molecule has 3 aromatic rings. The number of carboxylic acids is 1. The van der Waals surface area contributed by atoms with Crippen LogP contribution in [0.4, 0.5) is 0 Å². The molecule has 0 saturated heterocycles. The maximum atomic E-state index is 11.9. The SMILES string of the molecule is NC(=O)c1c(-c2ccc(C(=O)O)cc2)ccc2ccccc12. The molecule has 3 N–H and O–H groups in total. The summed E-state index contributed by atoms with van der Waals surface area (Å²) >= 11 is 0. The van der Waals surface area contributed by atoms with E-state index in [1.165, 1.54) is 12.1 Å². The first-order valence-electron chi connectivity index (χ1n) is 6.73. The number of hydrogen-bond acceptors (Lipinski definition) is 2. The van der Waals surface area contributed by atoms with Gasteiger partial charge in [-0.15, -0.1) is 0 Å². The average Bonchev–Trinajstić information content (AvgIpc) is 2.53. The Bertz CT molecular complexity index is 882. The van der Waals surface area contributed by atoms with Gasteiger partial charge in [-0.25, -0.2) is 4.79 Å². The molecule has 0 fully saturated rings. The fourth-order valence-electron chi connectivity index (χ4n) is 2.57. The zero-order chi connectivity index (χ0) is 15.7. The highest BCUT2D eigenvalue weighted by Gasteiger charge is 2.14. The van der Waals surface area contributed by atoms with Gasteiger partial charge in [0.1, 0.15) is 0 Å². The van der Waals surface area contributed by atoms with Gasteiger partial charge >= 0.3 is 5.97 Å². The Labute approximate surface area is 126 Å². The first-order chi connectivity index (χ1) is 10.6. The second kappa shape index (κ2) is 5.33. The first kappa shape index (κ1) is 13.8.